The quantitative estimate of drug-likeness (QED) is 0.819. The molecule has 4 N–H and O–H groups in total. The van der Waals surface area contributed by atoms with Crippen LogP contribution in [0.4, 0.5) is 0 Å². The smallest absolute Gasteiger partial charge is 0.0262 e. The molecule has 0 spiro atoms. The molecule has 0 radical (unpaired) electrons. The van der Waals surface area contributed by atoms with Crippen molar-refractivity contribution in [2.24, 2.45) is 11.5 Å². The van der Waals surface area contributed by atoms with Gasteiger partial charge in [-0.3, -0.25) is 0 Å². The zero-order chi connectivity index (χ0) is 14.6. The molecule has 106 valence electrons. The summed E-state index contributed by atoms with van der Waals surface area (Å²) in [6.45, 7) is 4.37. The number of benzene rings is 2. The fourth-order valence-corrected chi connectivity index (χ4v) is 1.78. The summed E-state index contributed by atoms with van der Waals surface area (Å²) in [6.07, 6.45) is 3.64. The molecule has 0 aliphatic heterocycles. The van der Waals surface area contributed by atoms with Crippen molar-refractivity contribution in [2.45, 2.75) is 18.9 Å². The van der Waals surface area contributed by atoms with E-state index in [-0.39, 0.29) is 6.04 Å². The van der Waals surface area contributed by atoms with Gasteiger partial charge in [-0.2, -0.15) is 0 Å². The lowest BCUT2D eigenvalue weighted by molar-refractivity contribution is 0.812. The highest BCUT2D eigenvalue weighted by Gasteiger charge is 1.96. The molecule has 0 fully saturated rings. The van der Waals surface area contributed by atoms with Crippen LogP contribution in [0.1, 0.15) is 11.1 Å². The summed E-state index contributed by atoms with van der Waals surface area (Å²) in [7, 11) is 0. The molecule has 2 aromatic rings. The monoisotopic (exact) mass is 268 g/mol. The Morgan fingerprint density at radius 2 is 1.40 bits per heavy atom. The van der Waals surface area contributed by atoms with E-state index in [0.29, 0.717) is 0 Å². The van der Waals surface area contributed by atoms with Crippen molar-refractivity contribution in [1.29, 1.82) is 0 Å². The van der Waals surface area contributed by atoms with Gasteiger partial charge in [0.25, 0.3) is 0 Å². The molecule has 2 aromatic carbocycles. The first-order valence-corrected chi connectivity index (χ1v) is 6.92. The molecule has 0 saturated carbocycles. The summed E-state index contributed by atoms with van der Waals surface area (Å²) >= 11 is 0. The van der Waals surface area contributed by atoms with Gasteiger partial charge < -0.3 is 11.5 Å². The van der Waals surface area contributed by atoms with Crippen LogP contribution in [0.2, 0.25) is 0 Å². The zero-order valence-electron chi connectivity index (χ0n) is 11.9. The molecule has 20 heavy (non-hydrogen) atoms. The minimum Gasteiger partial charge on any atom is -0.330 e. The van der Waals surface area contributed by atoms with E-state index in [4.69, 9.17) is 11.5 Å². The van der Waals surface area contributed by atoms with Crippen molar-refractivity contribution in [2.75, 3.05) is 6.54 Å². The largest absolute Gasteiger partial charge is 0.330 e. The molecule has 0 aromatic heterocycles. The third-order valence-electron chi connectivity index (χ3n) is 2.89. The van der Waals surface area contributed by atoms with Gasteiger partial charge in [-0.15, -0.1) is 6.58 Å². The maximum atomic E-state index is 5.69. The summed E-state index contributed by atoms with van der Waals surface area (Å²) < 4.78 is 0. The molecule has 2 nitrogen and oxygen atoms in total. The van der Waals surface area contributed by atoms with Crippen LogP contribution in [0.3, 0.4) is 0 Å². The molecule has 0 aliphatic rings. The van der Waals surface area contributed by atoms with Crippen molar-refractivity contribution >= 4 is 0 Å². The Morgan fingerprint density at radius 3 is 1.85 bits per heavy atom. The third-order valence-corrected chi connectivity index (χ3v) is 2.89. The molecule has 2 heteroatoms. The Balaban J connectivity index is 0.000000204. The van der Waals surface area contributed by atoms with E-state index >= 15 is 0 Å². The zero-order valence-corrected chi connectivity index (χ0v) is 11.9. The van der Waals surface area contributed by atoms with E-state index in [0.717, 1.165) is 19.4 Å². The predicted octanol–water partition coefficient (Wildman–Crippen LogP) is 2.93. The van der Waals surface area contributed by atoms with E-state index in [9.17, 15) is 0 Å². The van der Waals surface area contributed by atoms with Crippen LogP contribution in [0.5, 0.6) is 0 Å². The number of rotatable bonds is 5. The van der Waals surface area contributed by atoms with Crippen molar-refractivity contribution in [3.05, 3.63) is 84.4 Å². The average Bonchev–Trinajstić information content (AvgIpc) is 2.50. The summed E-state index contributed by atoms with van der Waals surface area (Å²) in [5, 5.41) is 0. The third kappa shape index (κ3) is 6.88. The van der Waals surface area contributed by atoms with Gasteiger partial charge in [0.15, 0.2) is 0 Å². The molecular weight excluding hydrogens is 244 g/mol. The Labute approximate surface area is 122 Å². The van der Waals surface area contributed by atoms with Crippen LogP contribution in [-0.2, 0) is 12.8 Å². The van der Waals surface area contributed by atoms with Crippen LogP contribution in [0.15, 0.2) is 73.3 Å². The lowest BCUT2D eigenvalue weighted by Crippen LogP contribution is -2.19. The highest BCUT2D eigenvalue weighted by Crippen LogP contribution is 2.01. The van der Waals surface area contributed by atoms with E-state index in [1.54, 1.807) is 6.08 Å². The van der Waals surface area contributed by atoms with Crippen LogP contribution in [-0.4, -0.2) is 12.6 Å². The van der Waals surface area contributed by atoms with Gasteiger partial charge in [0.2, 0.25) is 0 Å². The predicted molar refractivity (Wildman–Crippen MR) is 87.5 cm³/mol. The normalized spacial score (nSPS) is 11.1. The first-order chi connectivity index (χ1) is 9.76. The summed E-state index contributed by atoms with van der Waals surface area (Å²) in [4.78, 5) is 0. The van der Waals surface area contributed by atoms with Gasteiger partial charge in [-0.25, -0.2) is 0 Å². The van der Waals surface area contributed by atoms with Crippen molar-refractivity contribution < 1.29 is 0 Å². The highest BCUT2D eigenvalue weighted by atomic mass is 14.6. The average molecular weight is 268 g/mol. The van der Waals surface area contributed by atoms with E-state index in [1.165, 1.54) is 11.1 Å². The lowest BCUT2D eigenvalue weighted by atomic mass is 10.1. The van der Waals surface area contributed by atoms with Crippen LogP contribution >= 0.6 is 0 Å². The van der Waals surface area contributed by atoms with Crippen molar-refractivity contribution in [1.82, 2.24) is 0 Å². The van der Waals surface area contributed by atoms with E-state index < -0.39 is 0 Å². The van der Waals surface area contributed by atoms with Crippen molar-refractivity contribution in [3.8, 4) is 0 Å². The molecule has 0 saturated heterocycles. The second kappa shape index (κ2) is 9.96. The standard InChI is InChI=1S/C10H13N.C8H11N/c1-2-10(11)8-9-6-4-3-5-7-9;9-7-6-8-4-2-1-3-5-8/h2-7,10H,1,8,11H2;1-5H,6-7,9H2. The fourth-order valence-electron chi connectivity index (χ4n) is 1.78. The lowest BCUT2D eigenvalue weighted by Gasteiger charge is -2.04. The Hall–Kier alpha value is -1.90. The van der Waals surface area contributed by atoms with Gasteiger partial charge in [0.05, 0.1) is 0 Å². The number of hydrogen-bond donors (Lipinski definition) is 2. The summed E-state index contributed by atoms with van der Waals surface area (Å²) in [5.74, 6) is 0. The number of nitrogens with two attached hydrogens (primary N) is 2. The Bertz CT molecular complexity index is 465. The highest BCUT2D eigenvalue weighted by molar-refractivity contribution is 5.17. The molecule has 2 rings (SSSR count). The first kappa shape index (κ1) is 16.2. The summed E-state index contributed by atoms with van der Waals surface area (Å²) in [5.41, 5.74) is 13.6. The first-order valence-electron chi connectivity index (χ1n) is 6.92. The second-order valence-electron chi connectivity index (χ2n) is 4.61. The molecule has 0 bridgehead atoms. The van der Waals surface area contributed by atoms with E-state index in [2.05, 4.69) is 30.8 Å². The summed E-state index contributed by atoms with van der Waals surface area (Å²) in [6, 6.07) is 20.5. The second-order valence-corrected chi connectivity index (χ2v) is 4.61. The SMILES string of the molecule is C=CC(N)Cc1ccccc1.NCCc1ccccc1. The van der Waals surface area contributed by atoms with Crippen LogP contribution in [0.25, 0.3) is 0 Å². The van der Waals surface area contributed by atoms with Gasteiger partial charge in [0.1, 0.15) is 0 Å². The maximum absolute atomic E-state index is 5.69. The molecule has 1 unspecified atom stereocenters. The molecule has 1 atom stereocenters. The van der Waals surface area contributed by atoms with Gasteiger partial charge in [-0.1, -0.05) is 66.7 Å². The van der Waals surface area contributed by atoms with Gasteiger partial charge in [0, 0.05) is 6.04 Å². The van der Waals surface area contributed by atoms with E-state index in [1.807, 2.05) is 36.4 Å². The number of hydrogen-bond acceptors (Lipinski definition) is 2. The van der Waals surface area contributed by atoms with Gasteiger partial charge >= 0.3 is 0 Å². The molecule has 0 amide bonds. The van der Waals surface area contributed by atoms with Crippen molar-refractivity contribution in [3.63, 3.8) is 0 Å². The Morgan fingerprint density at radius 1 is 0.900 bits per heavy atom. The fraction of sp³-hybridized carbons (Fsp3) is 0.222. The van der Waals surface area contributed by atoms with Crippen LogP contribution < -0.4 is 11.5 Å². The maximum Gasteiger partial charge on any atom is 0.0262 e. The minimum absolute atomic E-state index is 0.0809. The minimum atomic E-state index is 0.0809. The molecule has 0 heterocycles. The van der Waals surface area contributed by atoms with Gasteiger partial charge in [-0.05, 0) is 30.5 Å². The molecular formula is C18H24N2. The Kier molecular flexibility index (Phi) is 8.04. The molecule has 0 aliphatic carbocycles. The topological polar surface area (TPSA) is 52.0 Å². The van der Waals surface area contributed by atoms with Crippen LogP contribution in [0, 0.1) is 0 Å².